The number of hydrogen-bond acceptors (Lipinski definition) is 4. The summed E-state index contributed by atoms with van der Waals surface area (Å²) in [7, 11) is 0. The monoisotopic (exact) mass is 319 g/mol. The highest BCUT2D eigenvalue weighted by atomic mass is 16.6. The second-order valence-electron chi connectivity index (χ2n) is 5.52. The SMILES string of the molecule is O=C(OCc1ccccc1)N1CCCN1C(=O)N1CCOCC1. The van der Waals surface area contributed by atoms with Crippen LogP contribution in [0.25, 0.3) is 0 Å². The quantitative estimate of drug-likeness (QED) is 0.832. The third kappa shape index (κ3) is 3.73. The molecule has 2 fully saturated rings. The van der Waals surface area contributed by atoms with E-state index >= 15 is 0 Å². The average molecular weight is 319 g/mol. The topological polar surface area (TPSA) is 62.3 Å². The van der Waals surface area contributed by atoms with Gasteiger partial charge in [-0.3, -0.25) is 0 Å². The molecule has 7 heteroatoms. The molecule has 0 atom stereocenters. The van der Waals surface area contributed by atoms with Crippen LogP contribution in [0.2, 0.25) is 0 Å². The molecule has 124 valence electrons. The molecule has 0 aliphatic carbocycles. The molecule has 2 saturated heterocycles. The first-order valence-corrected chi connectivity index (χ1v) is 7.88. The lowest BCUT2D eigenvalue weighted by molar-refractivity contribution is 0.00226. The van der Waals surface area contributed by atoms with Gasteiger partial charge in [-0.05, 0) is 12.0 Å². The minimum atomic E-state index is -0.479. The van der Waals surface area contributed by atoms with Gasteiger partial charge in [0.2, 0.25) is 0 Å². The summed E-state index contributed by atoms with van der Waals surface area (Å²) < 4.78 is 10.6. The Kier molecular flexibility index (Phi) is 4.97. The molecule has 1 aromatic carbocycles. The zero-order valence-electron chi connectivity index (χ0n) is 13.0. The van der Waals surface area contributed by atoms with Crippen LogP contribution >= 0.6 is 0 Å². The number of morpholine rings is 1. The summed E-state index contributed by atoms with van der Waals surface area (Å²) in [6.07, 6.45) is 0.282. The molecule has 0 aromatic heterocycles. The van der Waals surface area contributed by atoms with Gasteiger partial charge in [0.15, 0.2) is 0 Å². The van der Waals surface area contributed by atoms with Gasteiger partial charge in [-0.1, -0.05) is 30.3 Å². The summed E-state index contributed by atoms with van der Waals surface area (Å²) in [4.78, 5) is 26.5. The molecule has 2 aliphatic rings. The van der Waals surface area contributed by atoms with Crippen LogP contribution in [-0.4, -0.2) is 66.4 Å². The first kappa shape index (κ1) is 15.6. The van der Waals surface area contributed by atoms with E-state index in [9.17, 15) is 9.59 Å². The third-order valence-corrected chi connectivity index (χ3v) is 3.95. The molecule has 0 spiro atoms. The highest BCUT2D eigenvalue weighted by molar-refractivity contribution is 5.78. The van der Waals surface area contributed by atoms with E-state index in [4.69, 9.17) is 9.47 Å². The Morgan fingerprint density at radius 2 is 1.70 bits per heavy atom. The fourth-order valence-electron chi connectivity index (χ4n) is 2.71. The normalized spacial score (nSPS) is 18.2. The molecule has 3 amide bonds. The van der Waals surface area contributed by atoms with Gasteiger partial charge in [-0.25, -0.2) is 19.6 Å². The molecule has 0 bridgehead atoms. The van der Waals surface area contributed by atoms with E-state index in [0.29, 0.717) is 39.4 Å². The van der Waals surface area contributed by atoms with E-state index in [1.165, 1.54) is 10.0 Å². The molecule has 23 heavy (non-hydrogen) atoms. The molecule has 0 radical (unpaired) electrons. The summed E-state index contributed by atoms with van der Waals surface area (Å²) in [6, 6.07) is 9.35. The van der Waals surface area contributed by atoms with Crippen LogP contribution in [0, 0.1) is 0 Å². The molecular formula is C16H21N3O4. The van der Waals surface area contributed by atoms with Crippen molar-refractivity contribution in [2.45, 2.75) is 13.0 Å². The van der Waals surface area contributed by atoms with Crippen molar-refractivity contribution in [1.29, 1.82) is 0 Å². The Bertz CT molecular complexity index is 546. The summed E-state index contributed by atoms with van der Waals surface area (Å²) in [5.74, 6) is 0. The van der Waals surface area contributed by atoms with Crippen molar-refractivity contribution >= 4 is 12.1 Å². The van der Waals surface area contributed by atoms with Crippen LogP contribution < -0.4 is 0 Å². The summed E-state index contributed by atoms with van der Waals surface area (Å²) >= 11 is 0. The van der Waals surface area contributed by atoms with E-state index < -0.39 is 6.09 Å². The van der Waals surface area contributed by atoms with Gasteiger partial charge < -0.3 is 14.4 Å². The maximum Gasteiger partial charge on any atom is 0.429 e. The van der Waals surface area contributed by atoms with Gasteiger partial charge in [0, 0.05) is 26.2 Å². The molecule has 2 aliphatic heterocycles. The smallest absolute Gasteiger partial charge is 0.429 e. The summed E-state index contributed by atoms with van der Waals surface area (Å²) in [5.41, 5.74) is 0.922. The number of ether oxygens (including phenoxy) is 2. The molecule has 7 nitrogen and oxygen atoms in total. The van der Waals surface area contributed by atoms with E-state index in [0.717, 1.165) is 12.0 Å². The van der Waals surface area contributed by atoms with E-state index in [2.05, 4.69) is 0 Å². The van der Waals surface area contributed by atoms with Crippen molar-refractivity contribution < 1.29 is 19.1 Å². The largest absolute Gasteiger partial charge is 0.443 e. The van der Waals surface area contributed by atoms with Crippen LogP contribution in [0.3, 0.4) is 0 Å². The Balaban J connectivity index is 1.57. The van der Waals surface area contributed by atoms with Gasteiger partial charge in [0.1, 0.15) is 6.61 Å². The van der Waals surface area contributed by atoms with Crippen molar-refractivity contribution in [3.63, 3.8) is 0 Å². The predicted octanol–water partition coefficient (Wildman–Crippen LogP) is 1.70. The Morgan fingerprint density at radius 1 is 1.00 bits per heavy atom. The number of hydrazine groups is 1. The van der Waals surface area contributed by atoms with Crippen LogP contribution in [0.4, 0.5) is 9.59 Å². The van der Waals surface area contributed by atoms with Crippen molar-refractivity contribution in [2.24, 2.45) is 0 Å². The lowest BCUT2D eigenvalue weighted by Crippen LogP contribution is -2.53. The number of benzene rings is 1. The van der Waals surface area contributed by atoms with E-state index in [-0.39, 0.29) is 12.6 Å². The second kappa shape index (κ2) is 7.32. The van der Waals surface area contributed by atoms with E-state index in [1.54, 1.807) is 4.90 Å². The Labute approximate surface area is 135 Å². The maximum absolute atomic E-state index is 12.5. The third-order valence-electron chi connectivity index (χ3n) is 3.95. The minimum Gasteiger partial charge on any atom is -0.443 e. The number of carbonyl (C=O) groups excluding carboxylic acids is 2. The molecule has 1 aromatic rings. The number of carbonyl (C=O) groups is 2. The van der Waals surface area contributed by atoms with Crippen LogP contribution in [0.5, 0.6) is 0 Å². The van der Waals surface area contributed by atoms with Gasteiger partial charge >= 0.3 is 12.1 Å². The van der Waals surface area contributed by atoms with Gasteiger partial charge in [0.25, 0.3) is 0 Å². The first-order chi connectivity index (χ1) is 11.3. The van der Waals surface area contributed by atoms with Crippen LogP contribution in [-0.2, 0) is 16.1 Å². The standard InChI is InChI=1S/C16H21N3O4/c20-15(17-9-11-22-12-10-17)18-7-4-8-19(18)16(21)23-13-14-5-2-1-3-6-14/h1-3,5-6H,4,7-13H2. The first-order valence-electron chi connectivity index (χ1n) is 7.88. The Morgan fingerprint density at radius 3 is 2.43 bits per heavy atom. The molecule has 0 N–H and O–H groups in total. The van der Waals surface area contributed by atoms with Crippen molar-refractivity contribution in [1.82, 2.24) is 14.9 Å². The maximum atomic E-state index is 12.5. The lowest BCUT2D eigenvalue weighted by atomic mass is 10.2. The van der Waals surface area contributed by atoms with Crippen molar-refractivity contribution in [2.75, 3.05) is 39.4 Å². The van der Waals surface area contributed by atoms with E-state index in [1.807, 2.05) is 30.3 Å². The van der Waals surface area contributed by atoms with Gasteiger partial charge in [-0.15, -0.1) is 0 Å². The van der Waals surface area contributed by atoms with Crippen molar-refractivity contribution in [3.05, 3.63) is 35.9 Å². The highest BCUT2D eigenvalue weighted by Crippen LogP contribution is 2.16. The average Bonchev–Trinajstić information content (AvgIpc) is 3.10. The number of rotatable bonds is 2. The number of urea groups is 1. The number of amides is 3. The predicted molar refractivity (Wildman–Crippen MR) is 82.4 cm³/mol. The summed E-state index contributed by atoms with van der Waals surface area (Å²) in [5, 5.41) is 2.89. The lowest BCUT2D eigenvalue weighted by Gasteiger charge is -2.34. The second-order valence-corrected chi connectivity index (χ2v) is 5.52. The molecule has 0 saturated carbocycles. The molecule has 0 unspecified atom stereocenters. The summed E-state index contributed by atoms with van der Waals surface area (Å²) in [6.45, 7) is 3.44. The molecular weight excluding hydrogens is 298 g/mol. The highest BCUT2D eigenvalue weighted by Gasteiger charge is 2.34. The number of hydrogen-bond donors (Lipinski definition) is 0. The zero-order valence-corrected chi connectivity index (χ0v) is 13.0. The van der Waals surface area contributed by atoms with Crippen molar-refractivity contribution in [3.8, 4) is 0 Å². The molecule has 3 rings (SSSR count). The Hall–Kier alpha value is -2.28. The minimum absolute atomic E-state index is 0.150. The fraction of sp³-hybridized carbons (Fsp3) is 0.500. The fourth-order valence-corrected chi connectivity index (χ4v) is 2.71. The zero-order chi connectivity index (χ0) is 16.1. The number of nitrogens with zero attached hydrogens (tertiary/aromatic N) is 3. The van der Waals surface area contributed by atoms with Gasteiger partial charge in [0.05, 0.1) is 13.2 Å². The van der Waals surface area contributed by atoms with Crippen LogP contribution in [0.15, 0.2) is 30.3 Å². The van der Waals surface area contributed by atoms with Crippen LogP contribution in [0.1, 0.15) is 12.0 Å². The van der Waals surface area contributed by atoms with Gasteiger partial charge in [-0.2, -0.15) is 0 Å². The molecule has 2 heterocycles.